The number of amides is 1. The van der Waals surface area contributed by atoms with Gasteiger partial charge >= 0.3 is 6.61 Å². The number of carbonyl (C=O) groups is 1. The molecule has 3 aromatic rings. The molecule has 3 heterocycles. The number of hydrogen-bond donors (Lipinski definition) is 1. The molecule has 0 spiro atoms. The van der Waals surface area contributed by atoms with Gasteiger partial charge in [-0.3, -0.25) is 4.79 Å². The monoisotopic (exact) mass is 456 g/mol. The average molecular weight is 456 g/mol. The molecule has 1 fully saturated rings. The minimum absolute atomic E-state index is 0.0464. The van der Waals surface area contributed by atoms with E-state index in [0.29, 0.717) is 30.0 Å². The molecule has 0 saturated heterocycles. The third-order valence-electron chi connectivity index (χ3n) is 5.64. The zero-order valence-electron chi connectivity index (χ0n) is 17.9. The van der Waals surface area contributed by atoms with Crippen molar-refractivity contribution in [3.8, 4) is 22.6 Å². The van der Waals surface area contributed by atoms with E-state index in [1.165, 1.54) is 13.2 Å². The van der Waals surface area contributed by atoms with Crippen LogP contribution in [-0.4, -0.2) is 53.5 Å². The van der Waals surface area contributed by atoms with Crippen LogP contribution in [-0.2, 0) is 4.74 Å². The van der Waals surface area contributed by atoms with Crippen molar-refractivity contribution in [2.24, 2.45) is 0 Å². The zero-order valence-corrected chi connectivity index (χ0v) is 17.9. The number of alkyl halides is 2. The van der Waals surface area contributed by atoms with Crippen LogP contribution in [0, 0.1) is 0 Å². The number of aromatic nitrogens is 3. The van der Waals surface area contributed by atoms with Crippen LogP contribution in [0.5, 0.6) is 11.5 Å². The Labute approximate surface area is 188 Å². The molecule has 8 nitrogen and oxygen atoms in total. The Kier molecular flexibility index (Phi) is 5.67. The topological polar surface area (TPSA) is 87.0 Å². The van der Waals surface area contributed by atoms with Gasteiger partial charge in [0.15, 0.2) is 5.65 Å². The van der Waals surface area contributed by atoms with Gasteiger partial charge in [0.25, 0.3) is 5.91 Å². The van der Waals surface area contributed by atoms with Crippen LogP contribution in [0.25, 0.3) is 22.3 Å². The number of benzene rings is 1. The van der Waals surface area contributed by atoms with Crippen LogP contribution in [0.3, 0.4) is 0 Å². The Morgan fingerprint density at radius 2 is 2.06 bits per heavy atom. The van der Waals surface area contributed by atoms with Crippen LogP contribution < -0.4 is 14.8 Å². The first-order valence-electron chi connectivity index (χ1n) is 10.6. The predicted octanol–water partition coefficient (Wildman–Crippen LogP) is 3.70. The molecule has 10 heteroatoms. The highest BCUT2D eigenvalue weighted by Crippen LogP contribution is 2.38. The molecular weight excluding hydrogens is 434 g/mol. The molecule has 2 aliphatic rings. The largest absolute Gasteiger partial charge is 0.496 e. The van der Waals surface area contributed by atoms with E-state index < -0.39 is 12.5 Å². The lowest BCUT2D eigenvalue weighted by Gasteiger charge is -2.16. The van der Waals surface area contributed by atoms with Crippen molar-refractivity contribution in [1.82, 2.24) is 19.9 Å². The quantitative estimate of drug-likeness (QED) is 0.584. The average Bonchev–Trinajstić information content (AvgIpc) is 3.53. The van der Waals surface area contributed by atoms with Gasteiger partial charge in [0.05, 0.1) is 26.5 Å². The maximum atomic E-state index is 13.2. The van der Waals surface area contributed by atoms with E-state index >= 15 is 0 Å². The maximum absolute atomic E-state index is 13.2. The molecule has 172 valence electrons. The van der Waals surface area contributed by atoms with Crippen LogP contribution in [0.15, 0.2) is 36.8 Å². The van der Waals surface area contributed by atoms with E-state index in [-0.39, 0.29) is 23.1 Å². The Bertz CT molecular complexity index is 1240. The molecule has 1 N–H and O–H groups in total. The summed E-state index contributed by atoms with van der Waals surface area (Å²) in [5, 5.41) is 7.18. The summed E-state index contributed by atoms with van der Waals surface area (Å²) in [7, 11) is 1.38. The van der Waals surface area contributed by atoms with Crippen molar-refractivity contribution in [3.63, 3.8) is 0 Å². The minimum atomic E-state index is -3.10. The summed E-state index contributed by atoms with van der Waals surface area (Å²) in [5.41, 5.74) is 3.62. The van der Waals surface area contributed by atoms with Gasteiger partial charge in [0.2, 0.25) is 0 Å². The lowest BCUT2D eigenvalue weighted by Crippen LogP contribution is -2.26. The zero-order chi connectivity index (χ0) is 22.9. The fourth-order valence-corrected chi connectivity index (χ4v) is 3.84. The predicted molar refractivity (Wildman–Crippen MR) is 116 cm³/mol. The van der Waals surface area contributed by atoms with Gasteiger partial charge in [-0.15, -0.1) is 0 Å². The molecule has 1 aliphatic carbocycles. The molecule has 1 aromatic carbocycles. The Morgan fingerprint density at radius 1 is 1.24 bits per heavy atom. The Hall–Kier alpha value is -3.53. The second-order valence-corrected chi connectivity index (χ2v) is 7.90. The number of ether oxygens (including phenoxy) is 3. The van der Waals surface area contributed by atoms with Crippen molar-refractivity contribution in [3.05, 3.63) is 47.9 Å². The molecule has 1 saturated carbocycles. The second kappa shape index (κ2) is 8.78. The highest BCUT2D eigenvalue weighted by molar-refractivity contribution is 6.01. The van der Waals surface area contributed by atoms with Gasteiger partial charge in [-0.2, -0.15) is 13.9 Å². The summed E-state index contributed by atoms with van der Waals surface area (Å²) < 4.78 is 43.5. The van der Waals surface area contributed by atoms with Gasteiger partial charge in [-0.1, -0.05) is 6.08 Å². The van der Waals surface area contributed by atoms with Crippen molar-refractivity contribution in [2.45, 2.75) is 31.9 Å². The van der Waals surface area contributed by atoms with Crippen molar-refractivity contribution in [2.75, 3.05) is 20.3 Å². The second-order valence-electron chi connectivity index (χ2n) is 7.90. The Morgan fingerprint density at radius 3 is 2.76 bits per heavy atom. The maximum Gasteiger partial charge on any atom is 0.387 e. The van der Waals surface area contributed by atoms with E-state index in [0.717, 1.165) is 30.4 Å². The third-order valence-corrected chi connectivity index (χ3v) is 5.64. The summed E-state index contributed by atoms with van der Waals surface area (Å²) in [6.07, 6.45) is 9.74. The first kappa shape index (κ1) is 21.3. The molecular formula is C23H22F2N4O4. The molecule has 1 aliphatic heterocycles. The van der Waals surface area contributed by atoms with Gasteiger partial charge < -0.3 is 19.5 Å². The van der Waals surface area contributed by atoms with Crippen LogP contribution in [0.2, 0.25) is 0 Å². The molecule has 1 amide bonds. The third kappa shape index (κ3) is 4.38. The van der Waals surface area contributed by atoms with Crippen LogP contribution >= 0.6 is 0 Å². The van der Waals surface area contributed by atoms with Crippen molar-refractivity contribution >= 4 is 17.1 Å². The standard InChI is InChI=1S/C23H22F2N4O4/c1-31-18-8-14(9-19(33-23(24)25)20(18)22(30)28-16-2-3-16)17-11-27-29-12-15(10-26-21(17)29)13-4-6-32-7-5-13/h4,8-12,16,23H,2-3,5-7H2,1H3,(H,28,30). The summed E-state index contributed by atoms with van der Waals surface area (Å²) in [6.45, 7) is -1.89. The molecule has 33 heavy (non-hydrogen) atoms. The fraction of sp³-hybridized carbons (Fsp3) is 0.348. The summed E-state index contributed by atoms with van der Waals surface area (Å²) in [5.74, 6) is -0.644. The number of nitrogens with zero attached hydrogens (tertiary/aromatic N) is 3. The number of fused-ring (bicyclic) bond motifs is 1. The normalized spacial score (nSPS) is 16.1. The van der Waals surface area contributed by atoms with Gasteiger partial charge in [0.1, 0.15) is 17.1 Å². The van der Waals surface area contributed by atoms with Gasteiger partial charge in [-0.05, 0) is 42.5 Å². The van der Waals surface area contributed by atoms with E-state index in [4.69, 9.17) is 14.2 Å². The van der Waals surface area contributed by atoms with Crippen LogP contribution in [0.1, 0.15) is 35.2 Å². The number of methoxy groups -OCH3 is 1. The SMILES string of the molecule is COc1cc(-c2cnn3cc(C4=CCOCC4)cnc23)cc(OC(F)F)c1C(=O)NC1CC1. The highest BCUT2D eigenvalue weighted by Gasteiger charge is 2.29. The van der Waals surface area contributed by atoms with E-state index in [1.807, 2.05) is 12.3 Å². The molecule has 2 aromatic heterocycles. The summed E-state index contributed by atoms with van der Waals surface area (Å²) >= 11 is 0. The minimum Gasteiger partial charge on any atom is -0.496 e. The lowest BCUT2D eigenvalue weighted by atomic mass is 10.0. The van der Waals surface area contributed by atoms with Gasteiger partial charge in [-0.25, -0.2) is 9.50 Å². The number of hydrogen-bond acceptors (Lipinski definition) is 6. The Balaban J connectivity index is 1.56. The smallest absolute Gasteiger partial charge is 0.387 e. The van der Waals surface area contributed by atoms with E-state index in [2.05, 4.69) is 15.4 Å². The van der Waals surface area contributed by atoms with Crippen molar-refractivity contribution < 1.29 is 27.8 Å². The summed E-state index contributed by atoms with van der Waals surface area (Å²) in [4.78, 5) is 17.3. The molecule has 0 unspecified atom stereocenters. The molecule has 5 rings (SSSR count). The van der Waals surface area contributed by atoms with Crippen LogP contribution in [0.4, 0.5) is 8.78 Å². The van der Waals surface area contributed by atoms with E-state index in [1.54, 1.807) is 23.0 Å². The van der Waals surface area contributed by atoms with Gasteiger partial charge in [0, 0.05) is 29.6 Å². The van der Waals surface area contributed by atoms with E-state index in [9.17, 15) is 13.6 Å². The molecule has 0 atom stereocenters. The highest BCUT2D eigenvalue weighted by atomic mass is 19.3. The molecule has 0 radical (unpaired) electrons. The first-order valence-corrected chi connectivity index (χ1v) is 10.6. The fourth-order valence-electron chi connectivity index (χ4n) is 3.84. The number of rotatable bonds is 7. The first-order chi connectivity index (χ1) is 16.0. The number of nitrogens with one attached hydrogen (secondary N) is 1. The number of halogens is 2. The lowest BCUT2D eigenvalue weighted by molar-refractivity contribution is -0.0502. The van der Waals surface area contributed by atoms with Crippen molar-refractivity contribution in [1.29, 1.82) is 0 Å². The number of carbonyl (C=O) groups excluding carboxylic acids is 1. The summed E-state index contributed by atoms with van der Waals surface area (Å²) in [6, 6.07) is 3.04. The molecule has 0 bridgehead atoms.